The van der Waals surface area contributed by atoms with Gasteiger partial charge < -0.3 is 19.6 Å². The fraction of sp³-hybridized carbons (Fsp3) is 0.312. The van der Waals surface area contributed by atoms with Crippen molar-refractivity contribution in [3.8, 4) is 6.07 Å². The molecule has 0 unspecified atom stereocenters. The molecule has 7 nitrogen and oxygen atoms in total. The molecule has 0 saturated heterocycles. The van der Waals surface area contributed by atoms with Gasteiger partial charge >= 0.3 is 11.9 Å². The lowest BCUT2D eigenvalue weighted by molar-refractivity contribution is 0.0451. The van der Waals surface area contributed by atoms with E-state index >= 15 is 0 Å². The summed E-state index contributed by atoms with van der Waals surface area (Å²) in [6.07, 6.45) is 0. The smallest absolute Gasteiger partial charge is 0.348 e. The van der Waals surface area contributed by atoms with Gasteiger partial charge in [-0.1, -0.05) is 0 Å². The van der Waals surface area contributed by atoms with Crippen molar-refractivity contribution in [3.05, 3.63) is 39.2 Å². The van der Waals surface area contributed by atoms with Crippen molar-refractivity contribution in [2.24, 2.45) is 0 Å². The summed E-state index contributed by atoms with van der Waals surface area (Å²) in [7, 11) is 0. The highest BCUT2D eigenvalue weighted by Crippen LogP contribution is 2.32. The first-order valence-corrected chi connectivity index (χ1v) is 7.93. The summed E-state index contributed by atoms with van der Waals surface area (Å²) >= 11 is 0.939. The SMILES string of the molecule is CCOC(=O)c1sc(N)c(C#N)c1COC(=O)c1cc(C)oc1C. The highest BCUT2D eigenvalue weighted by Gasteiger charge is 2.24. The van der Waals surface area contributed by atoms with E-state index in [1.165, 1.54) is 0 Å². The van der Waals surface area contributed by atoms with Crippen molar-refractivity contribution in [2.75, 3.05) is 12.3 Å². The number of furan rings is 1. The molecule has 126 valence electrons. The fourth-order valence-electron chi connectivity index (χ4n) is 2.16. The molecule has 0 aliphatic rings. The minimum Gasteiger partial charge on any atom is -0.466 e. The zero-order valence-electron chi connectivity index (χ0n) is 13.5. The second kappa shape index (κ2) is 7.19. The maximum absolute atomic E-state index is 12.2. The average Bonchev–Trinajstić information content (AvgIpc) is 3.03. The molecular formula is C16H16N2O5S. The van der Waals surface area contributed by atoms with Crippen molar-refractivity contribution in [2.45, 2.75) is 27.4 Å². The van der Waals surface area contributed by atoms with Crippen LogP contribution in [0.3, 0.4) is 0 Å². The van der Waals surface area contributed by atoms with Gasteiger partial charge in [-0.05, 0) is 26.8 Å². The lowest BCUT2D eigenvalue weighted by atomic mass is 10.1. The Bertz CT molecular complexity index is 828. The van der Waals surface area contributed by atoms with Gasteiger partial charge in [-0.3, -0.25) is 0 Å². The Morgan fingerprint density at radius 1 is 1.33 bits per heavy atom. The first-order chi connectivity index (χ1) is 11.4. The summed E-state index contributed by atoms with van der Waals surface area (Å²) in [5.41, 5.74) is 6.44. The van der Waals surface area contributed by atoms with Gasteiger partial charge in [-0.15, -0.1) is 11.3 Å². The van der Waals surface area contributed by atoms with Gasteiger partial charge in [0.2, 0.25) is 0 Å². The highest BCUT2D eigenvalue weighted by atomic mass is 32.1. The summed E-state index contributed by atoms with van der Waals surface area (Å²) in [5.74, 6) is -0.178. The van der Waals surface area contributed by atoms with E-state index < -0.39 is 11.9 Å². The number of esters is 2. The predicted octanol–water partition coefficient (Wildman–Crippen LogP) is 2.95. The van der Waals surface area contributed by atoms with E-state index in [2.05, 4.69) is 0 Å². The Hall–Kier alpha value is -2.79. The van der Waals surface area contributed by atoms with Gasteiger partial charge in [0.15, 0.2) is 0 Å². The minimum atomic E-state index is -0.604. The molecule has 0 radical (unpaired) electrons. The van der Waals surface area contributed by atoms with Crippen LogP contribution in [0.15, 0.2) is 10.5 Å². The third-order valence-electron chi connectivity index (χ3n) is 3.22. The Labute approximate surface area is 142 Å². The number of hydrogen-bond acceptors (Lipinski definition) is 8. The van der Waals surface area contributed by atoms with Gasteiger partial charge in [0.25, 0.3) is 0 Å². The highest BCUT2D eigenvalue weighted by molar-refractivity contribution is 7.18. The average molecular weight is 348 g/mol. The Balaban J connectivity index is 2.25. The van der Waals surface area contributed by atoms with Crippen molar-refractivity contribution < 1.29 is 23.5 Å². The van der Waals surface area contributed by atoms with Crippen LogP contribution in [0.4, 0.5) is 5.00 Å². The molecule has 0 saturated carbocycles. The lowest BCUT2D eigenvalue weighted by Gasteiger charge is -2.06. The molecule has 2 heterocycles. The summed E-state index contributed by atoms with van der Waals surface area (Å²) in [5, 5.41) is 9.41. The molecule has 2 aromatic rings. The third kappa shape index (κ3) is 3.41. The summed E-state index contributed by atoms with van der Waals surface area (Å²) in [4.78, 5) is 24.3. The summed E-state index contributed by atoms with van der Waals surface area (Å²) < 4.78 is 15.5. The number of nitrogen functional groups attached to an aromatic ring is 1. The van der Waals surface area contributed by atoms with Gasteiger partial charge in [-0.25, -0.2) is 9.59 Å². The summed E-state index contributed by atoms with van der Waals surface area (Å²) in [6.45, 7) is 4.97. The van der Waals surface area contributed by atoms with Gasteiger partial charge in [0.05, 0.1) is 12.2 Å². The lowest BCUT2D eigenvalue weighted by Crippen LogP contribution is -2.10. The van der Waals surface area contributed by atoms with E-state index in [0.717, 1.165) is 11.3 Å². The molecule has 8 heteroatoms. The zero-order chi connectivity index (χ0) is 17.9. The largest absolute Gasteiger partial charge is 0.466 e. The zero-order valence-corrected chi connectivity index (χ0v) is 14.3. The van der Waals surface area contributed by atoms with Crippen LogP contribution in [0.2, 0.25) is 0 Å². The Kier molecular flexibility index (Phi) is 5.26. The molecule has 0 amide bonds. The second-order valence-corrected chi connectivity index (χ2v) is 5.94. The standard InChI is InChI=1S/C16H16N2O5S/c1-4-21-16(20)13-12(11(6-17)14(18)24-13)7-22-15(19)10-5-8(2)23-9(10)3/h5H,4,7,18H2,1-3H3. The molecule has 0 spiro atoms. The number of aryl methyl sites for hydroxylation is 2. The van der Waals surface area contributed by atoms with Crippen LogP contribution in [-0.2, 0) is 16.1 Å². The van der Waals surface area contributed by atoms with E-state index in [-0.39, 0.29) is 34.2 Å². The molecule has 2 aromatic heterocycles. The minimum absolute atomic E-state index is 0.121. The van der Waals surface area contributed by atoms with Crippen molar-refractivity contribution in [3.63, 3.8) is 0 Å². The normalized spacial score (nSPS) is 10.2. The Morgan fingerprint density at radius 2 is 2.04 bits per heavy atom. The van der Waals surface area contributed by atoms with Crippen LogP contribution < -0.4 is 5.73 Å². The van der Waals surface area contributed by atoms with Crippen LogP contribution in [0.5, 0.6) is 0 Å². The van der Waals surface area contributed by atoms with Crippen LogP contribution in [0.1, 0.15) is 49.6 Å². The number of nitriles is 1. The van der Waals surface area contributed by atoms with Crippen molar-refractivity contribution in [1.82, 2.24) is 0 Å². The van der Waals surface area contributed by atoms with E-state index in [0.29, 0.717) is 17.1 Å². The first kappa shape index (κ1) is 17.6. The number of rotatable bonds is 5. The summed E-state index contributed by atoms with van der Waals surface area (Å²) in [6, 6.07) is 3.49. The predicted molar refractivity (Wildman–Crippen MR) is 86.7 cm³/mol. The number of nitrogens with zero attached hydrogens (tertiary/aromatic N) is 1. The van der Waals surface area contributed by atoms with Crippen LogP contribution in [-0.4, -0.2) is 18.5 Å². The Morgan fingerprint density at radius 3 is 2.58 bits per heavy atom. The van der Waals surface area contributed by atoms with Crippen LogP contribution >= 0.6 is 11.3 Å². The number of nitrogens with two attached hydrogens (primary N) is 1. The number of ether oxygens (including phenoxy) is 2. The van der Waals surface area contributed by atoms with E-state index in [4.69, 9.17) is 19.6 Å². The molecule has 24 heavy (non-hydrogen) atoms. The third-order valence-corrected chi connectivity index (χ3v) is 4.26. The number of hydrogen-bond donors (Lipinski definition) is 1. The van der Waals surface area contributed by atoms with Gasteiger partial charge in [0.1, 0.15) is 39.6 Å². The molecule has 2 N–H and O–H groups in total. The number of thiophene rings is 1. The molecule has 0 atom stereocenters. The number of anilines is 1. The fourth-order valence-corrected chi connectivity index (χ4v) is 3.07. The van der Waals surface area contributed by atoms with E-state index in [1.807, 2.05) is 6.07 Å². The van der Waals surface area contributed by atoms with Crippen molar-refractivity contribution in [1.29, 1.82) is 5.26 Å². The van der Waals surface area contributed by atoms with Crippen molar-refractivity contribution >= 4 is 28.3 Å². The molecule has 0 aromatic carbocycles. The maximum Gasteiger partial charge on any atom is 0.348 e. The first-order valence-electron chi connectivity index (χ1n) is 7.11. The maximum atomic E-state index is 12.2. The number of carbonyl (C=O) groups excluding carboxylic acids is 2. The molecule has 0 fully saturated rings. The molecule has 0 aliphatic carbocycles. The van der Waals surface area contributed by atoms with Crippen LogP contribution in [0.25, 0.3) is 0 Å². The molecule has 2 rings (SSSR count). The molecule has 0 bridgehead atoms. The monoisotopic (exact) mass is 348 g/mol. The van der Waals surface area contributed by atoms with Gasteiger partial charge in [-0.2, -0.15) is 5.26 Å². The van der Waals surface area contributed by atoms with E-state index in [9.17, 15) is 14.9 Å². The van der Waals surface area contributed by atoms with Gasteiger partial charge in [0, 0.05) is 5.56 Å². The quantitative estimate of drug-likeness (QED) is 0.826. The molecule has 0 aliphatic heterocycles. The second-order valence-electron chi connectivity index (χ2n) is 4.88. The van der Waals surface area contributed by atoms with E-state index in [1.54, 1.807) is 26.8 Å². The number of carbonyl (C=O) groups is 2. The topological polar surface area (TPSA) is 116 Å². The van der Waals surface area contributed by atoms with Crippen LogP contribution in [0, 0.1) is 25.2 Å². The molecular weight excluding hydrogens is 332 g/mol.